The Morgan fingerprint density at radius 1 is 1.29 bits per heavy atom. The average Bonchev–Trinajstić information content (AvgIpc) is 2.46. The average molecular weight is 306 g/mol. The molecule has 1 heterocycles. The van der Waals surface area contributed by atoms with Crippen molar-refractivity contribution in [1.82, 2.24) is 10.3 Å². The van der Waals surface area contributed by atoms with Crippen LogP contribution in [0.25, 0.3) is 10.9 Å². The first-order chi connectivity index (χ1) is 9.93. The fourth-order valence-corrected chi connectivity index (χ4v) is 3.13. The first-order valence-corrected chi connectivity index (χ1v) is 9.16. The molecule has 0 spiro atoms. The van der Waals surface area contributed by atoms with Gasteiger partial charge in [0.25, 0.3) is 0 Å². The number of aromatic nitrogens is 1. The second-order valence-corrected chi connectivity index (χ2v) is 7.82. The van der Waals surface area contributed by atoms with Gasteiger partial charge in [0.2, 0.25) is 0 Å². The first-order valence-electron chi connectivity index (χ1n) is 7.20. The van der Waals surface area contributed by atoms with E-state index < -0.39 is 15.1 Å². The smallest absolute Gasteiger partial charge is 0.151 e. The number of hydrogen-bond acceptors (Lipinski definition) is 4. The van der Waals surface area contributed by atoms with Gasteiger partial charge in [0.05, 0.1) is 10.8 Å². The van der Waals surface area contributed by atoms with Gasteiger partial charge in [0.1, 0.15) is 0 Å². The molecule has 0 aliphatic carbocycles. The van der Waals surface area contributed by atoms with Crippen LogP contribution in [0, 0.1) is 0 Å². The molecule has 2 atom stereocenters. The number of sulfone groups is 1. The molecule has 1 aromatic heterocycles. The minimum Gasteiger partial charge on any atom is -0.309 e. The quantitative estimate of drug-likeness (QED) is 0.891. The summed E-state index contributed by atoms with van der Waals surface area (Å²) in [7, 11) is -3.12. The van der Waals surface area contributed by atoms with Crippen LogP contribution in [0.1, 0.15) is 31.9 Å². The zero-order valence-corrected chi connectivity index (χ0v) is 13.5. The number of pyridine rings is 1. The minimum atomic E-state index is -3.12. The van der Waals surface area contributed by atoms with E-state index in [4.69, 9.17) is 0 Å². The highest BCUT2D eigenvalue weighted by Crippen LogP contribution is 2.24. The number of fused-ring (bicyclic) bond motifs is 1. The van der Waals surface area contributed by atoms with Crippen LogP contribution in [0.4, 0.5) is 0 Å². The second kappa shape index (κ2) is 6.54. The summed E-state index contributed by atoms with van der Waals surface area (Å²) < 4.78 is 23.8. The highest BCUT2D eigenvalue weighted by molar-refractivity contribution is 7.91. The molecular formula is C16H22N2O2S. The summed E-state index contributed by atoms with van der Waals surface area (Å²) in [5, 5.41) is 3.93. The number of rotatable bonds is 6. The van der Waals surface area contributed by atoms with Crippen molar-refractivity contribution in [1.29, 1.82) is 0 Å². The first kappa shape index (κ1) is 15.9. The van der Waals surface area contributed by atoms with Gasteiger partial charge in [0, 0.05) is 23.9 Å². The van der Waals surface area contributed by atoms with Crippen LogP contribution in [0.3, 0.4) is 0 Å². The van der Waals surface area contributed by atoms with Gasteiger partial charge in [-0.15, -0.1) is 0 Å². The maximum Gasteiger partial charge on any atom is 0.151 e. The summed E-state index contributed by atoms with van der Waals surface area (Å²) >= 11 is 0. The van der Waals surface area contributed by atoms with E-state index in [0.29, 0.717) is 0 Å². The molecule has 2 unspecified atom stereocenters. The third-order valence-electron chi connectivity index (χ3n) is 3.75. The summed E-state index contributed by atoms with van der Waals surface area (Å²) in [6.07, 6.45) is 4.00. The predicted octanol–water partition coefficient (Wildman–Crippen LogP) is 2.71. The third kappa shape index (κ3) is 3.80. The molecule has 2 aromatic rings. The lowest BCUT2D eigenvalue weighted by molar-refractivity contribution is 0.500. The monoisotopic (exact) mass is 306 g/mol. The third-order valence-corrected chi connectivity index (χ3v) is 5.37. The highest BCUT2D eigenvalue weighted by atomic mass is 32.2. The SMILES string of the molecule is CCCNC(c1ccc2cccnc2c1)C(C)S(C)(=O)=O. The lowest BCUT2D eigenvalue weighted by Gasteiger charge is -2.24. The van der Waals surface area contributed by atoms with E-state index in [0.717, 1.165) is 29.4 Å². The molecular weight excluding hydrogens is 284 g/mol. The molecule has 0 saturated carbocycles. The summed E-state index contributed by atoms with van der Waals surface area (Å²) in [6.45, 7) is 4.60. The summed E-state index contributed by atoms with van der Waals surface area (Å²) in [6, 6.07) is 9.64. The lowest BCUT2D eigenvalue weighted by atomic mass is 10.0. The van der Waals surface area contributed by atoms with Crippen molar-refractivity contribution in [3.05, 3.63) is 42.1 Å². The van der Waals surface area contributed by atoms with Crippen LogP contribution < -0.4 is 5.32 Å². The fourth-order valence-electron chi connectivity index (χ4n) is 2.38. The van der Waals surface area contributed by atoms with E-state index in [9.17, 15) is 8.42 Å². The minimum absolute atomic E-state index is 0.216. The second-order valence-electron chi connectivity index (χ2n) is 5.42. The van der Waals surface area contributed by atoms with Crippen LogP contribution in [-0.2, 0) is 9.84 Å². The molecule has 0 saturated heterocycles. The van der Waals surface area contributed by atoms with Crippen LogP contribution in [0.2, 0.25) is 0 Å². The lowest BCUT2D eigenvalue weighted by Crippen LogP contribution is -2.35. The van der Waals surface area contributed by atoms with Crippen molar-refractivity contribution < 1.29 is 8.42 Å². The van der Waals surface area contributed by atoms with Gasteiger partial charge >= 0.3 is 0 Å². The fraction of sp³-hybridized carbons (Fsp3) is 0.438. The van der Waals surface area contributed by atoms with Crippen LogP contribution >= 0.6 is 0 Å². The van der Waals surface area contributed by atoms with Gasteiger partial charge in [-0.25, -0.2) is 8.42 Å². The molecule has 0 aliphatic rings. The molecule has 0 bridgehead atoms. The maximum absolute atomic E-state index is 11.9. The largest absolute Gasteiger partial charge is 0.309 e. The van der Waals surface area contributed by atoms with Crippen molar-refractivity contribution in [2.24, 2.45) is 0 Å². The maximum atomic E-state index is 11.9. The van der Waals surface area contributed by atoms with E-state index in [1.54, 1.807) is 13.1 Å². The predicted molar refractivity (Wildman–Crippen MR) is 87.1 cm³/mol. The number of hydrogen-bond donors (Lipinski definition) is 1. The van der Waals surface area contributed by atoms with Gasteiger partial charge < -0.3 is 5.32 Å². The highest BCUT2D eigenvalue weighted by Gasteiger charge is 2.27. The Kier molecular flexibility index (Phi) is 4.96. The van der Waals surface area contributed by atoms with Gasteiger partial charge in [-0.3, -0.25) is 4.98 Å². The van der Waals surface area contributed by atoms with Crippen molar-refractivity contribution in [2.75, 3.05) is 12.8 Å². The Hall–Kier alpha value is -1.46. The van der Waals surface area contributed by atoms with E-state index in [2.05, 4.69) is 17.2 Å². The molecule has 5 heteroatoms. The van der Waals surface area contributed by atoms with E-state index in [1.165, 1.54) is 6.26 Å². The molecule has 0 amide bonds. The van der Waals surface area contributed by atoms with Crippen LogP contribution in [0.5, 0.6) is 0 Å². The number of nitrogens with zero attached hydrogens (tertiary/aromatic N) is 1. The molecule has 114 valence electrons. The molecule has 21 heavy (non-hydrogen) atoms. The molecule has 1 aromatic carbocycles. The van der Waals surface area contributed by atoms with Crippen LogP contribution in [0.15, 0.2) is 36.5 Å². The number of benzene rings is 1. The Morgan fingerprint density at radius 3 is 2.71 bits per heavy atom. The molecule has 0 fully saturated rings. The topological polar surface area (TPSA) is 59.1 Å². The Morgan fingerprint density at radius 2 is 2.05 bits per heavy atom. The standard InChI is InChI=1S/C16H22N2O2S/c1-4-9-18-16(12(2)21(3,19)20)14-8-7-13-6-5-10-17-15(13)11-14/h5-8,10-12,16,18H,4,9H2,1-3H3. The number of nitrogens with one attached hydrogen (secondary N) is 1. The molecule has 0 aliphatic heterocycles. The zero-order chi connectivity index (χ0) is 15.5. The Bertz CT molecular complexity index is 713. The van der Waals surface area contributed by atoms with Crippen LogP contribution in [-0.4, -0.2) is 31.5 Å². The normalized spacial score (nSPS) is 15.0. The van der Waals surface area contributed by atoms with Gasteiger partial charge in [0.15, 0.2) is 9.84 Å². The van der Waals surface area contributed by atoms with Gasteiger partial charge in [-0.05, 0) is 37.6 Å². The summed E-state index contributed by atoms with van der Waals surface area (Å²) in [4.78, 5) is 4.35. The van der Waals surface area contributed by atoms with E-state index >= 15 is 0 Å². The summed E-state index contributed by atoms with van der Waals surface area (Å²) in [5.74, 6) is 0. The molecule has 2 rings (SSSR count). The van der Waals surface area contributed by atoms with Crippen molar-refractivity contribution >= 4 is 20.7 Å². The molecule has 1 N–H and O–H groups in total. The van der Waals surface area contributed by atoms with E-state index in [1.807, 2.05) is 30.3 Å². The van der Waals surface area contributed by atoms with Crippen molar-refractivity contribution in [3.63, 3.8) is 0 Å². The Labute approximate surface area is 126 Å². The van der Waals surface area contributed by atoms with E-state index in [-0.39, 0.29) is 6.04 Å². The van der Waals surface area contributed by atoms with Crippen molar-refractivity contribution in [2.45, 2.75) is 31.6 Å². The van der Waals surface area contributed by atoms with Gasteiger partial charge in [-0.2, -0.15) is 0 Å². The Balaban J connectivity index is 2.42. The van der Waals surface area contributed by atoms with Crippen molar-refractivity contribution in [3.8, 4) is 0 Å². The molecule has 0 radical (unpaired) electrons. The van der Waals surface area contributed by atoms with Gasteiger partial charge in [-0.1, -0.05) is 25.1 Å². The molecule has 4 nitrogen and oxygen atoms in total. The summed E-state index contributed by atoms with van der Waals surface area (Å²) in [5.41, 5.74) is 1.85. The zero-order valence-electron chi connectivity index (χ0n) is 12.7.